The van der Waals surface area contributed by atoms with Gasteiger partial charge in [-0.3, -0.25) is 9.78 Å². The monoisotopic (exact) mass is 272 g/mol. The topological polar surface area (TPSA) is 63.0 Å². The molecule has 20 heavy (non-hydrogen) atoms. The predicted molar refractivity (Wildman–Crippen MR) is 78.0 cm³/mol. The van der Waals surface area contributed by atoms with Crippen LogP contribution in [0.3, 0.4) is 0 Å². The van der Waals surface area contributed by atoms with Gasteiger partial charge in [0.15, 0.2) is 5.78 Å². The van der Waals surface area contributed by atoms with Gasteiger partial charge in [0.2, 0.25) is 0 Å². The Hall–Kier alpha value is -1.99. The molecule has 0 bridgehead atoms. The molecular formula is C16H20N2O2. The number of nitrogens with zero attached hydrogens (tertiary/aromatic N) is 2. The molecule has 106 valence electrons. The van der Waals surface area contributed by atoms with Crippen molar-refractivity contribution in [2.24, 2.45) is 0 Å². The number of aromatic nitrogens is 1. The molecule has 0 aliphatic rings. The lowest BCUT2D eigenvalue weighted by Gasteiger charge is -2.17. The number of ether oxygens (including phenoxy) is 1. The zero-order valence-corrected chi connectivity index (χ0v) is 12.7. The highest BCUT2D eigenvalue weighted by molar-refractivity contribution is 6.06. The van der Waals surface area contributed by atoms with E-state index in [-0.39, 0.29) is 23.4 Å². The second kappa shape index (κ2) is 6.44. The summed E-state index contributed by atoms with van der Waals surface area (Å²) in [5, 5.41) is 9.13. The maximum absolute atomic E-state index is 11.8. The first-order chi connectivity index (χ1) is 9.31. The third-order valence-electron chi connectivity index (χ3n) is 3.01. The van der Waals surface area contributed by atoms with E-state index in [4.69, 9.17) is 10.00 Å². The average Bonchev–Trinajstić information content (AvgIpc) is 2.39. The number of ketones is 1. The van der Waals surface area contributed by atoms with E-state index in [2.05, 4.69) is 25.8 Å². The van der Waals surface area contributed by atoms with Crippen LogP contribution in [0.25, 0.3) is 5.57 Å². The fourth-order valence-electron chi connectivity index (χ4n) is 1.76. The molecule has 1 rings (SSSR count). The summed E-state index contributed by atoms with van der Waals surface area (Å²) in [6.45, 7) is 7.91. The van der Waals surface area contributed by atoms with E-state index in [0.29, 0.717) is 5.57 Å². The van der Waals surface area contributed by atoms with Crippen molar-refractivity contribution < 1.29 is 9.53 Å². The Morgan fingerprint density at radius 1 is 1.40 bits per heavy atom. The number of carbonyl (C=O) groups is 1. The third kappa shape index (κ3) is 3.75. The minimum absolute atomic E-state index is 0.0277. The van der Waals surface area contributed by atoms with Crippen LogP contribution in [-0.2, 0) is 14.9 Å². The first kappa shape index (κ1) is 16.1. The molecule has 0 saturated carbocycles. The standard InChI is InChI=1S/C16H20N2O2/c1-11(13(8-17)14(19)10-20-5)12-6-7-15(18-9-12)16(2,3)4/h6-7,9H,10H2,1-5H3/b13-11-. The van der Waals surface area contributed by atoms with Crippen LogP contribution in [0.1, 0.15) is 39.0 Å². The number of hydrogen-bond donors (Lipinski definition) is 0. The van der Waals surface area contributed by atoms with E-state index in [1.807, 2.05) is 18.2 Å². The van der Waals surface area contributed by atoms with Gasteiger partial charge in [-0.05, 0) is 24.1 Å². The lowest BCUT2D eigenvalue weighted by atomic mass is 9.91. The zero-order chi connectivity index (χ0) is 15.3. The summed E-state index contributed by atoms with van der Waals surface area (Å²) in [5.41, 5.74) is 2.47. The third-order valence-corrected chi connectivity index (χ3v) is 3.01. The summed E-state index contributed by atoms with van der Waals surface area (Å²) in [5.74, 6) is -0.313. The predicted octanol–water partition coefficient (Wildman–Crippen LogP) is 2.89. The summed E-state index contributed by atoms with van der Waals surface area (Å²) in [7, 11) is 1.43. The summed E-state index contributed by atoms with van der Waals surface area (Å²) >= 11 is 0. The second-order valence-electron chi connectivity index (χ2n) is 5.65. The van der Waals surface area contributed by atoms with Crippen molar-refractivity contribution in [1.82, 2.24) is 4.98 Å². The molecule has 0 aliphatic carbocycles. The van der Waals surface area contributed by atoms with Gasteiger partial charge in [0.05, 0.1) is 0 Å². The molecule has 0 unspecified atom stereocenters. The van der Waals surface area contributed by atoms with Crippen LogP contribution in [0, 0.1) is 11.3 Å². The molecule has 0 atom stereocenters. The van der Waals surface area contributed by atoms with Gasteiger partial charge in [-0.15, -0.1) is 0 Å². The van der Waals surface area contributed by atoms with Crippen LogP contribution < -0.4 is 0 Å². The van der Waals surface area contributed by atoms with E-state index in [1.54, 1.807) is 13.1 Å². The van der Waals surface area contributed by atoms with Crippen LogP contribution in [0.5, 0.6) is 0 Å². The van der Waals surface area contributed by atoms with E-state index in [0.717, 1.165) is 11.3 Å². The maximum Gasteiger partial charge on any atom is 0.199 e. The summed E-state index contributed by atoms with van der Waals surface area (Å²) in [4.78, 5) is 16.2. The minimum atomic E-state index is -0.313. The molecule has 4 nitrogen and oxygen atoms in total. The Kier molecular flexibility index (Phi) is 5.18. The maximum atomic E-state index is 11.8. The van der Waals surface area contributed by atoms with Gasteiger partial charge in [0, 0.05) is 24.4 Å². The van der Waals surface area contributed by atoms with E-state index in [9.17, 15) is 4.79 Å². The largest absolute Gasteiger partial charge is 0.377 e. The zero-order valence-electron chi connectivity index (χ0n) is 12.7. The summed E-state index contributed by atoms with van der Waals surface area (Å²) < 4.78 is 4.79. The van der Waals surface area contributed by atoms with Crippen LogP contribution in [-0.4, -0.2) is 24.5 Å². The molecule has 0 amide bonds. The number of hydrogen-bond acceptors (Lipinski definition) is 4. The number of pyridine rings is 1. The Morgan fingerprint density at radius 3 is 2.45 bits per heavy atom. The number of allylic oxidation sites excluding steroid dienone is 1. The molecule has 1 aromatic heterocycles. The fourth-order valence-corrected chi connectivity index (χ4v) is 1.76. The SMILES string of the molecule is COCC(=O)/C(C#N)=C(/C)c1ccc(C(C)(C)C)nc1. The van der Waals surface area contributed by atoms with Crippen LogP contribution in [0.15, 0.2) is 23.9 Å². The molecule has 0 N–H and O–H groups in total. The van der Waals surface area contributed by atoms with Crippen LogP contribution in [0.4, 0.5) is 0 Å². The first-order valence-corrected chi connectivity index (χ1v) is 6.41. The van der Waals surface area contributed by atoms with Gasteiger partial charge in [-0.25, -0.2) is 0 Å². The minimum Gasteiger partial charge on any atom is -0.377 e. The summed E-state index contributed by atoms with van der Waals surface area (Å²) in [6.07, 6.45) is 1.70. The Morgan fingerprint density at radius 2 is 2.05 bits per heavy atom. The van der Waals surface area contributed by atoms with Gasteiger partial charge >= 0.3 is 0 Å². The molecule has 0 aliphatic heterocycles. The van der Waals surface area contributed by atoms with E-state index < -0.39 is 0 Å². The van der Waals surface area contributed by atoms with Crippen molar-refractivity contribution in [2.45, 2.75) is 33.1 Å². The normalized spacial score (nSPS) is 12.6. The van der Waals surface area contributed by atoms with Crippen LogP contribution in [0.2, 0.25) is 0 Å². The molecule has 4 heteroatoms. The van der Waals surface area contributed by atoms with Crippen molar-refractivity contribution in [3.63, 3.8) is 0 Å². The van der Waals surface area contributed by atoms with Crippen LogP contribution >= 0.6 is 0 Å². The van der Waals surface area contributed by atoms with Crippen molar-refractivity contribution in [2.75, 3.05) is 13.7 Å². The highest BCUT2D eigenvalue weighted by atomic mass is 16.5. The highest BCUT2D eigenvalue weighted by Crippen LogP contribution is 2.23. The van der Waals surface area contributed by atoms with Gasteiger partial charge in [-0.1, -0.05) is 26.8 Å². The average molecular weight is 272 g/mol. The molecule has 0 saturated heterocycles. The van der Waals surface area contributed by atoms with E-state index in [1.165, 1.54) is 7.11 Å². The quantitative estimate of drug-likeness (QED) is 0.624. The number of Topliss-reactive ketones (excluding diaryl/α,β-unsaturated/α-hetero) is 1. The van der Waals surface area contributed by atoms with Gasteiger partial charge in [-0.2, -0.15) is 5.26 Å². The highest BCUT2D eigenvalue weighted by Gasteiger charge is 2.17. The Balaban J connectivity index is 3.16. The fraction of sp³-hybridized carbons (Fsp3) is 0.438. The van der Waals surface area contributed by atoms with Crippen molar-refractivity contribution in [3.8, 4) is 6.07 Å². The Labute approximate surface area is 120 Å². The molecule has 0 fully saturated rings. The van der Waals surface area contributed by atoms with Crippen molar-refractivity contribution in [3.05, 3.63) is 35.2 Å². The lowest BCUT2D eigenvalue weighted by Crippen LogP contribution is -2.13. The number of carbonyl (C=O) groups excluding carboxylic acids is 1. The van der Waals surface area contributed by atoms with Gasteiger partial charge < -0.3 is 4.74 Å². The molecular weight excluding hydrogens is 252 g/mol. The number of methoxy groups -OCH3 is 1. The molecule has 0 aromatic carbocycles. The lowest BCUT2D eigenvalue weighted by molar-refractivity contribution is -0.118. The van der Waals surface area contributed by atoms with E-state index >= 15 is 0 Å². The Bertz CT molecular complexity index is 558. The smallest absolute Gasteiger partial charge is 0.199 e. The van der Waals surface area contributed by atoms with Gasteiger partial charge in [0.1, 0.15) is 18.2 Å². The molecule has 0 spiro atoms. The first-order valence-electron chi connectivity index (χ1n) is 6.41. The second-order valence-corrected chi connectivity index (χ2v) is 5.65. The number of nitriles is 1. The molecule has 0 radical (unpaired) electrons. The molecule has 1 aromatic rings. The summed E-state index contributed by atoms with van der Waals surface area (Å²) in [6, 6.07) is 5.77. The molecule has 1 heterocycles. The van der Waals surface area contributed by atoms with Crippen molar-refractivity contribution >= 4 is 11.4 Å². The van der Waals surface area contributed by atoms with Gasteiger partial charge in [0.25, 0.3) is 0 Å². The number of rotatable bonds is 4. The van der Waals surface area contributed by atoms with Crippen molar-refractivity contribution in [1.29, 1.82) is 5.26 Å².